The number of hydrogen-bond acceptors (Lipinski definition) is 3. The first-order chi connectivity index (χ1) is 8.99. The van der Waals surface area contributed by atoms with Crippen molar-refractivity contribution in [2.24, 2.45) is 0 Å². The Balaban J connectivity index is 2.28. The summed E-state index contributed by atoms with van der Waals surface area (Å²) in [5, 5.41) is 12.0. The van der Waals surface area contributed by atoms with Crippen molar-refractivity contribution in [2.75, 3.05) is 11.1 Å². The second-order valence-electron chi connectivity index (χ2n) is 3.82. The van der Waals surface area contributed by atoms with E-state index in [0.29, 0.717) is 15.8 Å². The molecular formula is C13H10BrFN2O2. The number of carbonyl (C=O) groups excluding carboxylic acids is 1. The first kappa shape index (κ1) is 13.4. The molecule has 0 unspecified atom stereocenters. The van der Waals surface area contributed by atoms with E-state index in [1.165, 1.54) is 18.2 Å². The molecule has 0 aromatic heterocycles. The van der Waals surface area contributed by atoms with Gasteiger partial charge in [0, 0.05) is 15.8 Å². The molecule has 0 bridgehead atoms. The zero-order valence-electron chi connectivity index (χ0n) is 9.65. The summed E-state index contributed by atoms with van der Waals surface area (Å²) in [6.07, 6.45) is 0. The van der Waals surface area contributed by atoms with Crippen LogP contribution in [0.5, 0.6) is 5.75 Å². The number of benzene rings is 2. The number of nitrogen functional groups attached to an aromatic ring is 1. The zero-order chi connectivity index (χ0) is 14.0. The number of anilines is 2. The maximum atomic E-state index is 13.5. The average molecular weight is 325 g/mol. The van der Waals surface area contributed by atoms with Crippen LogP contribution >= 0.6 is 15.9 Å². The molecule has 2 rings (SSSR count). The lowest BCUT2D eigenvalue weighted by Crippen LogP contribution is -2.14. The van der Waals surface area contributed by atoms with E-state index in [0.717, 1.165) is 6.07 Å². The number of phenolic OH excluding ortho intramolecular Hbond substituents is 1. The van der Waals surface area contributed by atoms with Crippen molar-refractivity contribution < 1.29 is 14.3 Å². The number of amides is 1. The smallest absolute Gasteiger partial charge is 0.262 e. The van der Waals surface area contributed by atoms with Crippen LogP contribution < -0.4 is 11.1 Å². The van der Waals surface area contributed by atoms with Crippen molar-refractivity contribution in [1.29, 1.82) is 0 Å². The molecule has 1 amide bonds. The topological polar surface area (TPSA) is 75.3 Å². The molecular weight excluding hydrogens is 315 g/mol. The molecule has 0 saturated heterocycles. The molecule has 4 nitrogen and oxygen atoms in total. The summed E-state index contributed by atoms with van der Waals surface area (Å²) < 4.78 is 14.2. The highest BCUT2D eigenvalue weighted by Gasteiger charge is 2.16. The molecule has 0 atom stereocenters. The summed E-state index contributed by atoms with van der Waals surface area (Å²) in [7, 11) is 0. The third-order valence-corrected chi connectivity index (χ3v) is 3.19. The van der Waals surface area contributed by atoms with Crippen LogP contribution in [0, 0.1) is 5.82 Å². The van der Waals surface area contributed by atoms with Crippen LogP contribution in [0.15, 0.2) is 40.9 Å². The van der Waals surface area contributed by atoms with E-state index in [-0.39, 0.29) is 0 Å². The number of hydrogen-bond donors (Lipinski definition) is 3. The zero-order valence-corrected chi connectivity index (χ0v) is 11.2. The number of phenols is 1. The van der Waals surface area contributed by atoms with E-state index in [9.17, 15) is 14.3 Å². The molecule has 0 heterocycles. The highest BCUT2D eigenvalue weighted by Crippen LogP contribution is 2.25. The Morgan fingerprint density at radius 2 is 2.05 bits per heavy atom. The summed E-state index contributed by atoms with van der Waals surface area (Å²) in [6.45, 7) is 0. The fourth-order valence-electron chi connectivity index (χ4n) is 1.55. The minimum atomic E-state index is -0.789. The predicted molar refractivity (Wildman–Crippen MR) is 74.6 cm³/mol. The van der Waals surface area contributed by atoms with Gasteiger partial charge in [0.15, 0.2) is 0 Å². The Morgan fingerprint density at radius 3 is 2.68 bits per heavy atom. The van der Waals surface area contributed by atoms with Crippen molar-refractivity contribution in [3.8, 4) is 5.75 Å². The summed E-state index contributed by atoms with van der Waals surface area (Å²) >= 11 is 3.23. The van der Waals surface area contributed by atoms with Crippen molar-refractivity contribution in [3.63, 3.8) is 0 Å². The minimum absolute atomic E-state index is 0.399. The van der Waals surface area contributed by atoms with E-state index >= 15 is 0 Å². The predicted octanol–water partition coefficient (Wildman–Crippen LogP) is 3.13. The van der Waals surface area contributed by atoms with Gasteiger partial charge in [-0.2, -0.15) is 0 Å². The molecule has 0 aliphatic carbocycles. The van der Waals surface area contributed by atoms with Crippen molar-refractivity contribution >= 4 is 33.2 Å². The Bertz CT molecular complexity index is 626. The molecule has 19 heavy (non-hydrogen) atoms. The monoisotopic (exact) mass is 324 g/mol. The molecule has 0 aliphatic heterocycles. The van der Waals surface area contributed by atoms with Gasteiger partial charge in [-0.1, -0.05) is 6.07 Å². The fourth-order valence-corrected chi connectivity index (χ4v) is 1.80. The lowest BCUT2D eigenvalue weighted by molar-refractivity contribution is 0.102. The van der Waals surface area contributed by atoms with Gasteiger partial charge in [-0.05, 0) is 46.3 Å². The van der Waals surface area contributed by atoms with E-state index < -0.39 is 23.0 Å². The van der Waals surface area contributed by atoms with Gasteiger partial charge in [-0.3, -0.25) is 4.79 Å². The SMILES string of the molecule is Nc1cc(NC(=O)c2c(O)cccc2F)ccc1Br. The van der Waals surface area contributed by atoms with Crippen LogP contribution in [-0.4, -0.2) is 11.0 Å². The van der Waals surface area contributed by atoms with Crippen LogP contribution in [0.1, 0.15) is 10.4 Å². The van der Waals surface area contributed by atoms with Gasteiger partial charge in [-0.25, -0.2) is 4.39 Å². The quantitative estimate of drug-likeness (QED) is 0.743. The van der Waals surface area contributed by atoms with Crippen molar-refractivity contribution in [3.05, 3.63) is 52.3 Å². The molecule has 98 valence electrons. The molecule has 2 aromatic rings. The number of halogens is 2. The van der Waals surface area contributed by atoms with Gasteiger partial charge in [-0.15, -0.1) is 0 Å². The first-order valence-electron chi connectivity index (χ1n) is 5.33. The largest absolute Gasteiger partial charge is 0.507 e. The molecule has 2 aromatic carbocycles. The molecule has 0 spiro atoms. The van der Waals surface area contributed by atoms with E-state index in [4.69, 9.17) is 5.73 Å². The van der Waals surface area contributed by atoms with Crippen LogP contribution in [-0.2, 0) is 0 Å². The maximum Gasteiger partial charge on any atom is 0.262 e. The fraction of sp³-hybridized carbons (Fsp3) is 0. The summed E-state index contributed by atoms with van der Waals surface area (Å²) in [4.78, 5) is 11.9. The molecule has 4 N–H and O–H groups in total. The minimum Gasteiger partial charge on any atom is -0.507 e. The van der Waals surface area contributed by atoms with Gasteiger partial charge in [0.05, 0.1) is 0 Å². The lowest BCUT2D eigenvalue weighted by atomic mass is 10.1. The molecule has 6 heteroatoms. The van der Waals surface area contributed by atoms with Crippen molar-refractivity contribution in [1.82, 2.24) is 0 Å². The number of rotatable bonds is 2. The first-order valence-corrected chi connectivity index (χ1v) is 6.12. The maximum absolute atomic E-state index is 13.5. The van der Waals surface area contributed by atoms with Gasteiger partial charge >= 0.3 is 0 Å². The van der Waals surface area contributed by atoms with Crippen molar-refractivity contribution in [2.45, 2.75) is 0 Å². The Kier molecular flexibility index (Phi) is 3.71. The Labute approximate surface area is 117 Å². The van der Waals surface area contributed by atoms with Gasteiger partial charge < -0.3 is 16.2 Å². The third kappa shape index (κ3) is 2.85. The summed E-state index contributed by atoms with van der Waals surface area (Å²) in [6, 6.07) is 8.46. The highest BCUT2D eigenvalue weighted by atomic mass is 79.9. The van der Waals surface area contributed by atoms with Gasteiger partial charge in [0.25, 0.3) is 5.91 Å². The number of nitrogens with one attached hydrogen (secondary N) is 1. The molecule has 0 fully saturated rings. The summed E-state index contributed by atoms with van der Waals surface area (Å²) in [5.41, 5.74) is 6.12. The number of nitrogens with two attached hydrogens (primary N) is 1. The van der Waals surface area contributed by atoms with E-state index in [2.05, 4.69) is 21.2 Å². The average Bonchev–Trinajstić information content (AvgIpc) is 2.33. The van der Waals surface area contributed by atoms with Crippen LogP contribution in [0.2, 0.25) is 0 Å². The number of carbonyl (C=O) groups is 1. The molecule has 0 aliphatic rings. The second-order valence-corrected chi connectivity index (χ2v) is 4.68. The van der Waals surface area contributed by atoms with E-state index in [1.54, 1.807) is 12.1 Å². The molecule has 0 radical (unpaired) electrons. The van der Waals surface area contributed by atoms with Crippen LogP contribution in [0.3, 0.4) is 0 Å². The third-order valence-electron chi connectivity index (χ3n) is 2.47. The van der Waals surface area contributed by atoms with Crippen LogP contribution in [0.4, 0.5) is 15.8 Å². The summed E-state index contributed by atoms with van der Waals surface area (Å²) in [5.74, 6) is -1.94. The van der Waals surface area contributed by atoms with Gasteiger partial charge in [0.2, 0.25) is 0 Å². The Morgan fingerprint density at radius 1 is 1.32 bits per heavy atom. The standard InChI is InChI=1S/C13H10BrFN2O2/c14-8-5-4-7(6-10(8)16)17-13(19)12-9(15)2-1-3-11(12)18/h1-6,18H,16H2,(H,17,19). The second kappa shape index (κ2) is 5.27. The van der Waals surface area contributed by atoms with E-state index in [1.807, 2.05) is 0 Å². The molecule has 0 saturated carbocycles. The lowest BCUT2D eigenvalue weighted by Gasteiger charge is -2.08. The Hall–Kier alpha value is -2.08. The normalized spacial score (nSPS) is 10.2. The van der Waals surface area contributed by atoms with Crippen LogP contribution in [0.25, 0.3) is 0 Å². The number of aromatic hydroxyl groups is 1. The highest BCUT2D eigenvalue weighted by molar-refractivity contribution is 9.10. The van der Waals surface area contributed by atoms with Gasteiger partial charge in [0.1, 0.15) is 17.1 Å².